The van der Waals surface area contributed by atoms with Crippen LogP contribution in [-0.4, -0.2) is 39.9 Å². The fourth-order valence-corrected chi connectivity index (χ4v) is 5.69. The van der Waals surface area contributed by atoms with Gasteiger partial charge in [-0.2, -0.15) is 17.5 Å². The number of alkyl halides is 3. The summed E-state index contributed by atoms with van der Waals surface area (Å²) in [5, 5.41) is 9.60. The highest BCUT2D eigenvalue weighted by Crippen LogP contribution is 2.42. The number of hydrogen-bond donors (Lipinski definition) is 1. The van der Waals surface area contributed by atoms with E-state index in [0.717, 1.165) is 8.87 Å². The largest absolute Gasteiger partial charge is 0.451 e. The van der Waals surface area contributed by atoms with Crippen molar-refractivity contribution >= 4 is 21.6 Å². The van der Waals surface area contributed by atoms with E-state index in [-0.39, 0.29) is 29.7 Å². The Hall–Kier alpha value is -2.47. The van der Waals surface area contributed by atoms with Crippen LogP contribution >= 0.6 is 0 Å². The van der Waals surface area contributed by atoms with Crippen LogP contribution in [0, 0.1) is 6.92 Å². The predicted molar refractivity (Wildman–Crippen MR) is 100 cm³/mol. The van der Waals surface area contributed by atoms with Crippen LogP contribution in [0.1, 0.15) is 49.6 Å². The molecule has 1 amide bonds. The molecule has 4 rings (SSSR count). The predicted octanol–water partition coefficient (Wildman–Crippen LogP) is 2.60. The van der Waals surface area contributed by atoms with Gasteiger partial charge in [-0.15, -0.1) is 10.2 Å². The van der Waals surface area contributed by atoms with Crippen LogP contribution in [0.5, 0.6) is 0 Å². The third-order valence-corrected chi connectivity index (χ3v) is 7.73. The molecule has 0 fully saturated rings. The zero-order valence-corrected chi connectivity index (χ0v) is 17.5. The lowest BCUT2D eigenvalue weighted by Gasteiger charge is -2.33. The molecule has 162 valence electrons. The lowest BCUT2D eigenvalue weighted by molar-refractivity contribution is -0.147. The summed E-state index contributed by atoms with van der Waals surface area (Å²) in [6, 6.07) is 1.99. The van der Waals surface area contributed by atoms with E-state index in [1.165, 1.54) is 19.1 Å². The molecule has 1 atom stereocenters. The van der Waals surface area contributed by atoms with Crippen LogP contribution in [0.25, 0.3) is 0 Å². The van der Waals surface area contributed by atoms with Gasteiger partial charge in [0.05, 0.1) is 16.4 Å². The van der Waals surface area contributed by atoms with Gasteiger partial charge in [0, 0.05) is 18.8 Å². The molecule has 0 spiro atoms. The lowest BCUT2D eigenvalue weighted by Crippen LogP contribution is -2.42. The molecule has 3 heterocycles. The number of aryl methyl sites for hydroxylation is 1. The first-order valence-corrected chi connectivity index (χ1v) is 10.7. The SMILES string of the molecule is Cc1cc(S(=O)(=O)N2CCn3c(nnc3C(F)(F)F)C2C)cc2c1NC(=O)C2(C)C. The molecule has 0 aliphatic carbocycles. The van der Waals surface area contributed by atoms with Crippen molar-refractivity contribution in [3.05, 3.63) is 34.9 Å². The van der Waals surface area contributed by atoms with Crippen LogP contribution in [0.4, 0.5) is 18.9 Å². The molecule has 12 heteroatoms. The second-order valence-corrected chi connectivity index (χ2v) is 9.96. The van der Waals surface area contributed by atoms with Gasteiger partial charge in [0.2, 0.25) is 21.8 Å². The van der Waals surface area contributed by atoms with Crippen LogP contribution in [0.3, 0.4) is 0 Å². The minimum absolute atomic E-state index is 0.0146. The van der Waals surface area contributed by atoms with E-state index < -0.39 is 33.5 Å². The van der Waals surface area contributed by atoms with Crippen molar-refractivity contribution in [3.8, 4) is 0 Å². The van der Waals surface area contributed by atoms with Crippen molar-refractivity contribution in [1.82, 2.24) is 19.1 Å². The molecular formula is C18H20F3N5O3S. The molecule has 0 saturated heterocycles. The fraction of sp³-hybridized carbons (Fsp3) is 0.500. The van der Waals surface area contributed by atoms with E-state index in [1.807, 2.05) is 0 Å². The maximum Gasteiger partial charge on any atom is 0.451 e. The second kappa shape index (κ2) is 6.27. The molecule has 2 aromatic rings. The first-order chi connectivity index (χ1) is 13.8. The van der Waals surface area contributed by atoms with Gasteiger partial charge in [-0.3, -0.25) is 4.79 Å². The Morgan fingerprint density at radius 3 is 2.50 bits per heavy atom. The number of sulfonamides is 1. The fourth-order valence-electron chi connectivity index (χ4n) is 3.99. The minimum atomic E-state index is -4.67. The Balaban J connectivity index is 1.76. The zero-order chi connectivity index (χ0) is 22.2. The zero-order valence-electron chi connectivity index (χ0n) is 16.7. The van der Waals surface area contributed by atoms with E-state index in [0.29, 0.717) is 16.8 Å². The van der Waals surface area contributed by atoms with Crippen LogP contribution in [0.2, 0.25) is 0 Å². The van der Waals surface area contributed by atoms with Crippen molar-refractivity contribution < 1.29 is 26.4 Å². The standard InChI is InChI=1S/C18H20F3N5O3S/c1-9-7-11(8-12-13(9)22-16(27)17(12,3)4)30(28,29)26-6-5-25-14(10(26)2)23-24-15(25)18(19,20)21/h7-8,10H,5-6H2,1-4H3,(H,22,27). The molecule has 2 aliphatic rings. The third-order valence-electron chi connectivity index (χ3n) is 5.78. The maximum atomic E-state index is 13.4. The number of carbonyl (C=O) groups excluding carboxylic acids is 1. The smallest absolute Gasteiger partial charge is 0.325 e. The van der Waals surface area contributed by atoms with E-state index in [2.05, 4.69) is 15.5 Å². The van der Waals surface area contributed by atoms with Crippen molar-refractivity contribution in [2.45, 2.75) is 56.8 Å². The van der Waals surface area contributed by atoms with Crippen LogP contribution in [-0.2, 0) is 33.0 Å². The van der Waals surface area contributed by atoms with Crippen molar-refractivity contribution in [3.63, 3.8) is 0 Å². The molecule has 0 bridgehead atoms. The summed E-state index contributed by atoms with van der Waals surface area (Å²) in [5.74, 6) is -1.43. The summed E-state index contributed by atoms with van der Waals surface area (Å²) in [6.45, 7) is 6.21. The van der Waals surface area contributed by atoms with Gasteiger partial charge >= 0.3 is 6.18 Å². The van der Waals surface area contributed by atoms with Crippen LogP contribution in [0.15, 0.2) is 17.0 Å². The summed E-state index contributed by atoms with van der Waals surface area (Å²) >= 11 is 0. The normalized spacial score (nSPS) is 21.3. The molecule has 30 heavy (non-hydrogen) atoms. The first kappa shape index (κ1) is 20.8. The average Bonchev–Trinajstić information content (AvgIpc) is 3.16. The van der Waals surface area contributed by atoms with E-state index >= 15 is 0 Å². The molecule has 1 aromatic heterocycles. The number of fused-ring (bicyclic) bond motifs is 2. The third kappa shape index (κ3) is 2.84. The van der Waals surface area contributed by atoms with Gasteiger partial charge in [0.15, 0.2) is 5.82 Å². The molecule has 8 nitrogen and oxygen atoms in total. The summed E-state index contributed by atoms with van der Waals surface area (Å²) in [4.78, 5) is 12.2. The van der Waals surface area contributed by atoms with Gasteiger partial charge in [0.1, 0.15) is 0 Å². The van der Waals surface area contributed by atoms with Gasteiger partial charge in [0.25, 0.3) is 0 Å². The Kier molecular flexibility index (Phi) is 4.34. The minimum Gasteiger partial charge on any atom is -0.325 e. The molecule has 2 aliphatic heterocycles. The number of rotatable bonds is 2. The Bertz CT molecular complexity index is 1170. The highest BCUT2D eigenvalue weighted by atomic mass is 32.2. The van der Waals surface area contributed by atoms with Crippen molar-refractivity contribution in [1.29, 1.82) is 0 Å². The van der Waals surface area contributed by atoms with E-state index in [1.54, 1.807) is 20.8 Å². The molecule has 1 N–H and O–H groups in total. The van der Waals surface area contributed by atoms with Crippen molar-refractivity contribution in [2.24, 2.45) is 0 Å². The van der Waals surface area contributed by atoms with Gasteiger partial charge < -0.3 is 9.88 Å². The number of hydrogen-bond acceptors (Lipinski definition) is 5. The van der Waals surface area contributed by atoms with Crippen LogP contribution < -0.4 is 5.32 Å². The number of amides is 1. The van der Waals surface area contributed by atoms with E-state index in [4.69, 9.17) is 0 Å². The van der Waals surface area contributed by atoms with E-state index in [9.17, 15) is 26.4 Å². The monoisotopic (exact) mass is 443 g/mol. The average molecular weight is 443 g/mol. The Morgan fingerprint density at radius 1 is 1.20 bits per heavy atom. The Morgan fingerprint density at radius 2 is 1.87 bits per heavy atom. The maximum absolute atomic E-state index is 13.4. The molecule has 1 aromatic carbocycles. The summed E-state index contributed by atoms with van der Waals surface area (Å²) in [6.07, 6.45) is -4.67. The molecule has 1 unspecified atom stereocenters. The second-order valence-electron chi connectivity index (χ2n) is 8.06. The number of anilines is 1. The molecule has 0 radical (unpaired) electrons. The highest BCUT2D eigenvalue weighted by molar-refractivity contribution is 7.89. The first-order valence-electron chi connectivity index (χ1n) is 9.25. The number of aromatic nitrogens is 3. The number of nitrogens with zero attached hydrogens (tertiary/aromatic N) is 4. The number of halogens is 3. The molecule has 0 saturated carbocycles. The van der Waals surface area contributed by atoms with Gasteiger partial charge in [-0.25, -0.2) is 8.42 Å². The number of benzene rings is 1. The Labute approximate surface area is 171 Å². The van der Waals surface area contributed by atoms with Gasteiger partial charge in [-0.1, -0.05) is 0 Å². The molecular weight excluding hydrogens is 423 g/mol. The highest BCUT2D eigenvalue weighted by Gasteiger charge is 2.45. The topological polar surface area (TPSA) is 97.2 Å². The quantitative estimate of drug-likeness (QED) is 0.770. The summed E-state index contributed by atoms with van der Waals surface area (Å²) < 4.78 is 68.2. The van der Waals surface area contributed by atoms with Crippen molar-refractivity contribution in [2.75, 3.05) is 11.9 Å². The summed E-state index contributed by atoms with van der Waals surface area (Å²) in [7, 11) is -4.06. The number of carbonyl (C=O) groups is 1. The lowest BCUT2D eigenvalue weighted by atomic mass is 9.85. The number of nitrogens with one attached hydrogen (secondary N) is 1. The summed E-state index contributed by atoms with van der Waals surface area (Å²) in [5.41, 5.74) is 0.849. The van der Waals surface area contributed by atoms with Gasteiger partial charge in [-0.05, 0) is 51.0 Å².